The largest absolute Gasteiger partial charge is 0.339 e. The molecule has 3 rings (SSSR count). The summed E-state index contributed by atoms with van der Waals surface area (Å²) in [5, 5.41) is 12.2. The van der Waals surface area contributed by atoms with E-state index < -0.39 is 10.0 Å². The summed E-state index contributed by atoms with van der Waals surface area (Å²) in [6, 6.07) is 19.2. The topological polar surface area (TPSA) is 94.9 Å². The van der Waals surface area contributed by atoms with Crippen molar-refractivity contribution >= 4 is 27.2 Å². The van der Waals surface area contributed by atoms with Crippen LogP contribution in [-0.4, -0.2) is 13.4 Å². The third kappa shape index (κ3) is 3.82. The Labute approximate surface area is 152 Å². The lowest BCUT2D eigenvalue weighted by Gasteiger charge is -2.11. The lowest BCUT2D eigenvalue weighted by atomic mass is 10.2. The minimum absolute atomic E-state index is 0.227. The first-order valence-electron chi connectivity index (χ1n) is 7.80. The zero-order chi connectivity index (χ0) is 18.6. The predicted octanol–water partition coefficient (Wildman–Crippen LogP) is 3.81. The van der Waals surface area contributed by atoms with E-state index in [1.54, 1.807) is 61.5 Å². The number of benzene rings is 2. The van der Waals surface area contributed by atoms with Gasteiger partial charge >= 0.3 is 0 Å². The van der Waals surface area contributed by atoms with Gasteiger partial charge < -0.3 is 5.32 Å². The second-order valence-corrected chi connectivity index (χ2v) is 7.24. The molecule has 0 fully saturated rings. The molecule has 0 bridgehead atoms. The van der Waals surface area contributed by atoms with Crippen molar-refractivity contribution in [3.05, 3.63) is 78.0 Å². The SMILES string of the molecule is Cc1ccccc1S(=O)(=O)Nc1ccc(Nc2ccccc2C#N)nc1. The van der Waals surface area contributed by atoms with Gasteiger partial charge in [-0.05, 0) is 42.8 Å². The van der Waals surface area contributed by atoms with Gasteiger partial charge in [-0.2, -0.15) is 5.26 Å². The van der Waals surface area contributed by atoms with E-state index in [9.17, 15) is 8.42 Å². The third-order valence-corrected chi connectivity index (χ3v) is 5.25. The van der Waals surface area contributed by atoms with Crippen molar-refractivity contribution in [1.82, 2.24) is 4.98 Å². The van der Waals surface area contributed by atoms with E-state index >= 15 is 0 Å². The molecule has 7 heteroatoms. The molecule has 0 unspecified atom stereocenters. The molecular formula is C19H16N4O2S. The van der Waals surface area contributed by atoms with E-state index in [2.05, 4.69) is 21.1 Å². The van der Waals surface area contributed by atoms with Crippen LogP contribution in [0.2, 0.25) is 0 Å². The Morgan fingerprint density at radius 1 is 1.00 bits per heavy atom. The summed E-state index contributed by atoms with van der Waals surface area (Å²) in [5.74, 6) is 0.506. The summed E-state index contributed by atoms with van der Waals surface area (Å²) < 4.78 is 27.5. The highest BCUT2D eigenvalue weighted by atomic mass is 32.2. The molecule has 0 amide bonds. The monoisotopic (exact) mass is 364 g/mol. The van der Waals surface area contributed by atoms with Crippen molar-refractivity contribution in [2.24, 2.45) is 0 Å². The van der Waals surface area contributed by atoms with Crippen LogP contribution >= 0.6 is 0 Å². The Balaban J connectivity index is 1.78. The van der Waals surface area contributed by atoms with Crippen LogP contribution in [0.25, 0.3) is 0 Å². The van der Waals surface area contributed by atoms with Crippen molar-refractivity contribution in [1.29, 1.82) is 5.26 Å². The summed E-state index contributed by atoms with van der Waals surface area (Å²) in [6.45, 7) is 1.74. The van der Waals surface area contributed by atoms with Gasteiger partial charge in [0.2, 0.25) is 0 Å². The highest BCUT2D eigenvalue weighted by Gasteiger charge is 2.16. The number of pyridine rings is 1. The number of aromatic nitrogens is 1. The Morgan fingerprint density at radius 2 is 1.73 bits per heavy atom. The van der Waals surface area contributed by atoms with Gasteiger partial charge in [-0.15, -0.1) is 0 Å². The Morgan fingerprint density at radius 3 is 2.42 bits per heavy atom. The first-order chi connectivity index (χ1) is 12.5. The van der Waals surface area contributed by atoms with E-state index in [0.717, 1.165) is 0 Å². The highest BCUT2D eigenvalue weighted by molar-refractivity contribution is 7.92. The second-order valence-electron chi connectivity index (χ2n) is 5.59. The standard InChI is InChI=1S/C19H16N4O2S/c1-14-6-2-5-9-18(14)26(24,25)23-16-10-11-19(21-13-16)22-17-8-4-3-7-15(17)12-20/h2-11,13,23H,1H3,(H,21,22). The van der Waals surface area contributed by atoms with Crippen molar-refractivity contribution in [3.8, 4) is 6.07 Å². The van der Waals surface area contributed by atoms with E-state index in [1.807, 2.05) is 6.07 Å². The molecule has 0 aliphatic rings. The van der Waals surface area contributed by atoms with Crippen LogP contribution in [0.5, 0.6) is 0 Å². The molecule has 0 aliphatic heterocycles. The Bertz CT molecular complexity index is 1070. The number of nitriles is 1. The Hall–Kier alpha value is -3.37. The molecule has 0 saturated carbocycles. The highest BCUT2D eigenvalue weighted by Crippen LogP contribution is 2.22. The van der Waals surface area contributed by atoms with E-state index in [0.29, 0.717) is 28.3 Å². The molecular weight excluding hydrogens is 348 g/mol. The van der Waals surface area contributed by atoms with Crippen molar-refractivity contribution in [2.75, 3.05) is 10.0 Å². The minimum atomic E-state index is -3.68. The molecule has 2 aromatic carbocycles. The van der Waals surface area contributed by atoms with Crippen LogP contribution in [0.4, 0.5) is 17.2 Å². The molecule has 26 heavy (non-hydrogen) atoms. The normalized spacial score (nSPS) is 10.8. The molecule has 3 aromatic rings. The molecule has 0 aliphatic carbocycles. The Kier molecular flexibility index (Phi) is 4.87. The zero-order valence-electron chi connectivity index (χ0n) is 14.0. The summed E-state index contributed by atoms with van der Waals surface area (Å²) in [5.41, 5.74) is 2.15. The van der Waals surface area contributed by atoms with Gasteiger partial charge in [0.15, 0.2) is 0 Å². The number of aryl methyl sites for hydroxylation is 1. The molecule has 0 radical (unpaired) electrons. The summed E-state index contributed by atoms with van der Waals surface area (Å²) in [7, 11) is -3.68. The van der Waals surface area contributed by atoms with Gasteiger partial charge in [0.25, 0.3) is 10.0 Å². The summed E-state index contributed by atoms with van der Waals surface area (Å²) in [4.78, 5) is 4.43. The van der Waals surface area contributed by atoms with Gasteiger partial charge in [0.1, 0.15) is 11.9 Å². The van der Waals surface area contributed by atoms with Crippen molar-refractivity contribution in [3.63, 3.8) is 0 Å². The maximum Gasteiger partial charge on any atom is 0.262 e. The number of nitrogens with one attached hydrogen (secondary N) is 2. The first kappa shape index (κ1) is 17.5. The minimum Gasteiger partial charge on any atom is -0.339 e. The van der Waals surface area contributed by atoms with E-state index in [4.69, 9.17) is 5.26 Å². The maximum absolute atomic E-state index is 12.5. The van der Waals surface area contributed by atoms with Crippen molar-refractivity contribution in [2.45, 2.75) is 11.8 Å². The van der Waals surface area contributed by atoms with E-state index in [-0.39, 0.29) is 4.90 Å². The number of anilines is 3. The number of para-hydroxylation sites is 1. The van der Waals surface area contributed by atoms with Crippen LogP contribution in [0, 0.1) is 18.3 Å². The van der Waals surface area contributed by atoms with Crippen molar-refractivity contribution < 1.29 is 8.42 Å². The average molecular weight is 364 g/mol. The fraction of sp³-hybridized carbons (Fsp3) is 0.0526. The fourth-order valence-electron chi connectivity index (χ4n) is 2.42. The summed E-state index contributed by atoms with van der Waals surface area (Å²) >= 11 is 0. The molecule has 0 atom stereocenters. The van der Waals surface area contributed by atoms with Gasteiger partial charge in [-0.25, -0.2) is 13.4 Å². The summed E-state index contributed by atoms with van der Waals surface area (Å²) in [6.07, 6.45) is 1.42. The average Bonchev–Trinajstić information content (AvgIpc) is 2.64. The fourth-order valence-corrected chi connectivity index (χ4v) is 3.71. The lowest BCUT2D eigenvalue weighted by Crippen LogP contribution is -2.14. The third-order valence-electron chi connectivity index (χ3n) is 3.71. The molecule has 2 N–H and O–H groups in total. The van der Waals surface area contributed by atoms with Gasteiger partial charge in [-0.1, -0.05) is 30.3 Å². The number of hydrogen-bond donors (Lipinski definition) is 2. The number of rotatable bonds is 5. The lowest BCUT2D eigenvalue weighted by molar-refractivity contribution is 0.600. The van der Waals surface area contributed by atoms with Crippen LogP contribution in [-0.2, 0) is 10.0 Å². The molecule has 1 heterocycles. The quantitative estimate of drug-likeness (QED) is 0.718. The predicted molar refractivity (Wildman–Crippen MR) is 101 cm³/mol. The van der Waals surface area contributed by atoms with Gasteiger partial charge in [-0.3, -0.25) is 4.72 Å². The molecule has 0 saturated heterocycles. The molecule has 0 spiro atoms. The molecule has 6 nitrogen and oxygen atoms in total. The van der Waals surface area contributed by atoms with Crippen LogP contribution in [0.1, 0.15) is 11.1 Å². The number of sulfonamides is 1. The maximum atomic E-state index is 12.5. The first-order valence-corrected chi connectivity index (χ1v) is 9.28. The number of hydrogen-bond acceptors (Lipinski definition) is 5. The second kappa shape index (κ2) is 7.25. The van der Waals surface area contributed by atoms with Gasteiger partial charge in [0.05, 0.1) is 28.0 Å². The van der Waals surface area contributed by atoms with Crippen LogP contribution < -0.4 is 10.0 Å². The zero-order valence-corrected chi connectivity index (χ0v) is 14.8. The molecule has 130 valence electrons. The van der Waals surface area contributed by atoms with E-state index in [1.165, 1.54) is 6.20 Å². The number of nitrogens with zero attached hydrogens (tertiary/aromatic N) is 2. The van der Waals surface area contributed by atoms with Gasteiger partial charge in [0, 0.05) is 0 Å². The van der Waals surface area contributed by atoms with Crippen LogP contribution in [0.15, 0.2) is 71.8 Å². The smallest absolute Gasteiger partial charge is 0.262 e. The molecule has 1 aromatic heterocycles. The van der Waals surface area contributed by atoms with Crippen LogP contribution in [0.3, 0.4) is 0 Å².